The van der Waals surface area contributed by atoms with Crippen molar-refractivity contribution < 1.29 is 13.6 Å². The minimum atomic E-state index is -0.674. The van der Waals surface area contributed by atoms with Gasteiger partial charge in [0.25, 0.3) is 0 Å². The summed E-state index contributed by atoms with van der Waals surface area (Å²) in [6.45, 7) is 3.82. The van der Waals surface area contributed by atoms with Crippen LogP contribution >= 0.6 is 0 Å². The summed E-state index contributed by atoms with van der Waals surface area (Å²) in [5, 5.41) is 6.13. The van der Waals surface area contributed by atoms with Crippen LogP contribution in [0.2, 0.25) is 0 Å². The Hall–Kier alpha value is -1.49. The third-order valence-corrected chi connectivity index (χ3v) is 3.83. The van der Waals surface area contributed by atoms with Crippen molar-refractivity contribution in [2.24, 2.45) is 5.92 Å². The van der Waals surface area contributed by atoms with Crippen molar-refractivity contribution in [1.82, 2.24) is 10.6 Å². The molecule has 1 saturated heterocycles. The van der Waals surface area contributed by atoms with E-state index < -0.39 is 11.6 Å². The van der Waals surface area contributed by atoms with E-state index in [1.165, 1.54) is 18.2 Å². The van der Waals surface area contributed by atoms with Crippen LogP contribution in [0.3, 0.4) is 0 Å². The van der Waals surface area contributed by atoms with Gasteiger partial charge in [0, 0.05) is 11.6 Å². The molecule has 1 heterocycles. The Morgan fingerprint density at radius 3 is 2.75 bits per heavy atom. The Kier molecular flexibility index (Phi) is 5.06. The highest BCUT2D eigenvalue weighted by Gasteiger charge is 2.22. The van der Waals surface area contributed by atoms with E-state index >= 15 is 0 Å². The molecule has 1 aliphatic heterocycles. The van der Waals surface area contributed by atoms with Crippen LogP contribution in [0.15, 0.2) is 18.2 Å². The summed E-state index contributed by atoms with van der Waals surface area (Å²) < 4.78 is 26.9. The van der Waals surface area contributed by atoms with Crippen molar-refractivity contribution >= 4 is 5.91 Å². The first kappa shape index (κ1) is 14.9. The van der Waals surface area contributed by atoms with E-state index in [2.05, 4.69) is 10.6 Å². The van der Waals surface area contributed by atoms with Gasteiger partial charge in [0.2, 0.25) is 5.91 Å². The van der Waals surface area contributed by atoms with Gasteiger partial charge in [-0.25, -0.2) is 8.78 Å². The van der Waals surface area contributed by atoms with Gasteiger partial charge in [-0.1, -0.05) is 6.07 Å². The maximum absolute atomic E-state index is 13.5. The number of amides is 1. The number of carbonyl (C=O) groups is 1. The summed E-state index contributed by atoms with van der Waals surface area (Å²) in [5.74, 6) is -1.32. The lowest BCUT2D eigenvalue weighted by Gasteiger charge is -2.29. The van der Waals surface area contributed by atoms with E-state index in [0.29, 0.717) is 5.92 Å². The Morgan fingerprint density at radius 2 is 2.15 bits per heavy atom. The molecule has 0 aliphatic carbocycles. The Labute approximate surface area is 117 Å². The standard InChI is InChI=1S/C15H20F2N2O/c1-10(11-4-3-7-18-9-11)19-15(20)8-12-13(16)5-2-6-14(12)17/h2,5-6,10-11,18H,3-4,7-9H2,1H3,(H,19,20). The molecule has 20 heavy (non-hydrogen) atoms. The number of halogens is 2. The highest BCUT2D eigenvalue weighted by molar-refractivity contribution is 5.79. The van der Waals surface area contributed by atoms with Crippen LogP contribution in [0.4, 0.5) is 8.78 Å². The topological polar surface area (TPSA) is 41.1 Å². The van der Waals surface area contributed by atoms with Crippen LogP contribution in [0.5, 0.6) is 0 Å². The predicted molar refractivity (Wildman–Crippen MR) is 73.3 cm³/mol. The third kappa shape index (κ3) is 3.76. The Balaban J connectivity index is 1.91. The second kappa shape index (κ2) is 6.79. The van der Waals surface area contributed by atoms with Crippen molar-refractivity contribution in [3.05, 3.63) is 35.4 Å². The SMILES string of the molecule is CC(NC(=O)Cc1c(F)cccc1F)C1CCCNC1. The molecule has 0 spiro atoms. The fourth-order valence-corrected chi connectivity index (χ4v) is 2.59. The highest BCUT2D eigenvalue weighted by Crippen LogP contribution is 2.16. The number of piperidine rings is 1. The molecule has 110 valence electrons. The second-order valence-electron chi connectivity index (χ2n) is 5.34. The number of hydrogen-bond donors (Lipinski definition) is 2. The van der Waals surface area contributed by atoms with Gasteiger partial charge in [0.05, 0.1) is 6.42 Å². The van der Waals surface area contributed by atoms with Crippen molar-refractivity contribution in [2.75, 3.05) is 13.1 Å². The van der Waals surface area contributed by atoms with Gasteiger partial charge in [-0.15, -0.1) is 0 Å². The van der Waals surface area contributed by atoms with E-state index in [9.17, 15) is 13.6 Å². The summed E-state index contributed by atoms with van der Waals surface area (Å²) >= 11 is 0. The van der Waals surface area contributed by atoms with Crippen LogP contribution in [0, 0.1) is 17.6 Å². The van der Waals surface area contributed by atoms with Crippen LogP contribution in [0.1, 0.15) is 25.3 Å². The first-order valence-corrected chi connectivity index (χ1v) is 7.01. The van der Waals surface area contributed by atoms with E-state index in [0.717, 1.165) is 25.9 Å². The van der Waals surface area contributed by atoms with Crippen molar-refractivity contribution in [3.63, 3.8) is 0 Å². The first-order chi connectivity index (χ1) is 9.58. The first-order valence-electron chi connectivity index (χ1n) is 7.01. The van der Waals surface area contributed by atoms with Gasteiger partial charge in [-0.05, 0) is 50.9 Å². The van der Waals surface area contributed by atoms with Gasteiger partial charge >= 0.3 is 0 Å². The minimum Gasteiger partial charge on any atom is -0.353 e. The van der Waals surface area contributed by atoms with Crippen molar-refractivity contribution in [2.45, 2.75) is 32.2 Å². The smallest absolute Gasteiger partial charge is 0.224 e. The van der Waals surface area contributed by atoms with Crippen LogP contribution in [0.25, 0.3) is 0 Å². The lowest BCUT2D eigenvalue weighted by Crippen LogP contribution is -2.45. The average Bonchev–Trinajstić information content (AvgIpc) is 2.44. The Morgan fingerprint density at radius 1 is 1.45 bits per heavy atom. The molecular weight excluding hydrogens is 262 g/mol. The van der Waals surface area contributed by atoms with Crippen LogP contribution in [-0.4, -0.2) is 25.0 Å². The zero-order valence-electron chi connectivity index (χ0n) is 11.6. The molecular formula is C15H20F2N2O. The molecule has 1 aromatic rings. The average molecular weight is 282 g/mol. The van der Waals surface area contributed by atoms with Gasteiger partial charge in [0.1, 0.15) is 11.6 Å². The summed E-state index contributed by atoms with van der Waals surface area (Å²) in [6.07, 6.45) is 1.89. The lowest BCUT2D eigenvalue weighted by molar-refractivity contribution is -0.121. The maximum Gasteiger partial charge on any atom is 0.224 e. The number of benzene rings is 1. The highest BCUT2D eigenvalue weighted by atomic mass is 19.1. The maximum atomic E-state index is 13.5. The van der Waals surface area contributed by atoms with Crippen LogP contribution < -0.4 is 10.6 Å². The molecule has 2 N–H and O–H groups in total. The zero-order valence-corrected chi connectivity index (χ0v) is 11.6. The molecule has 2 rings (SSSR count). The molecule has 1 aliphatic rings. The second-order valence-corrected chi connectivity index (χ2v) is 5.34. The molecule has 2 unspecified atom stereocenters. The molecule has 0 saturated carbocycles. The summed E-state index contributed by atoms with van der Waals surface area (Å²) in [7, 11) is 0. The molecule has 3 nitrogen and oxygen atoms in total. The van der Waals surface area contributed by atoms with E-state index in [1.807, 2.05) is 6.92 Å². The predicted octanol–water partition coefficient (Wildman–Crippen LogP) is 2.01. The largest absolute Gasteiger partial charge is 0.353 e. The monoisotopic (exact) mass is 282 g/mol. The van der Waals surface area contributed by atoms with Gasteiger partial charge < -0.3 is 10.6 Å². The molecule has 0 bridgehead atoms. The van der Waals surface area contributed by atoms with E-state index in [1.54, 1.807) is 0 Å². The number of carbonyl (C=O) groups excluding carboxylic acids is 1. The summed E-state index contributed by atoms with van der Waals surface area (Å²) in [4.78, 5) is 11.9. The quantitative estimate of drug-likeness (QED) is 0.887. The molecule has 5 heteroatoms. The van der Waals surface area contributed by atoms with Crippen LogP contribution in [-0.2, 0) is 11.2 Å². The number of hydrogen-bond acceptors (Lipinski definition) is 2. The molecule has 1 aromatic carbocycles. The molecule has 2 atom stereocenters. The number of rotatable bonds is 4. The Bertz CT molecular complexity index is 453. The molecule has 1 amide bonds. The normalized spacial score (nSPS) is 20.4. The van der Waals surface area contributed by atoms with Crippen molar-refractivity contribution in [1.29, 1.82) is 0 Å². The summed E-state index contributed by atoms with van der Waals surface area (Å²) in [5.41, 5.74) is -0.168. The number of nitrogens with one attached hydrogen (secondary N) is 2. The molecule has 0 radical (unpaired) electrons. The lowest BCUT2D eigenvalue weighted by atomic mass is 9.92. The van der Waals surface area contributed by atoms with Gasteiger partial charge in [-0.2, -0.15) is 0 Å². The van der Waals surface area contributed by atoms with E-state index in [-0.39, 0.29) is 23.9 Å². The van der Waals surface area contributed by atoms with Gasteiger partial charge in [0.15, 0.2) is 0 Å². The molecule has 1 fully saturated rings. The minimum absolute atomic E-state index is 0.00475. The van der Waals surface area contributed by atoms with E-state index in [4.69, 9.17) is 0 Å². The molecule has 0 aromatic heterocycles. The van der Waals surface area contributed by atoms with Gasteiger partial charge in [-0.3, -0.25) is 4.79 Å². The summed E-state index contributed by atoms with van der Waals surface area (Å²) in [6, 6.07) is 3.63. The fraction of sp³-hybridized carbons (Fsp3) is 0.533. The fourth-order valence-electron chi connectivity index (χ4n) is 2.59. The zero-order chi connectivity index (χ0) is 14.5. The third-order valence-electron chi connectivity index (χ3n) is 3.83. The van der Waals surface area contributed by atoms with Crippen molar-refractivity contribution in [3.8, 4) is 0 Å².